The van der Waals surface area contributed by atoms with E-state index in [0.717, 1.165) is 0 Å². The quantitative estimate of drug-likeness (QED) is 0.333. The molecule has 0 unspecified atom stereocenters. The van der Waals surface area contributed by atoms with Gasteiger partial charge in [0.15, 0.2) is 0 Å². The van der Waals surface area contributed by atoms with E-state index in [-0.39, 0.29) is 22.9 Å². The second-order valence-corrected chi connectivity index (χ2v) is 7.57. The molecule has 0 atom stereocenters. The summed E-state index contributed by atoms with van der Waals surface area (Å²) in [6.07, 6.45) is 1.32. The summed E-state index contributed by atoms with van der Waals surface area (Å²) < 4.78 is 20.2. The lowest BCUT2D eigenvalue weighted by molar-refractivity contribution is 0.245. The number of aromatic amines is 3. The molecule has 0 saturated heterocycles. The van der Waals surface area contributed by atoms with Gasteiger partial charge >= 0.3 is 0 Å². The van der Waals surface area contributed by atoms with Gasteiger partial charge in [0.2, 0.25) is 5.56 Å². The van der Waals surface area contributed by atoms with E-state index in [4.69, 9.17) is 10.5 Å². The van der Waals surface area contributed by atoms with E-state index in [1.165, 1.54) is 18.3 Å². The number of H-pyrrole nitrogens is 3. The summed E-state index contributed by atoms with van der Waals surface area (Å²) in [6.45, 7) is 3.74. The first-order valence-electron chi connectivity index (χ1n) is 9.65. The number of nitrogen functional groups attached to an aromatic ring is 1. The number of anilines is 1. The zero-order valence-corrected chi connectivity index (χ0v) is 16.7. The van der Waals surface area contributed by atoms with Crippen LogP contribution in [0.2, 0.25) is 0 Å². The summed E-state index contributed by atoms with van der Waals surface area (Å²) in [6, 6.07) is 7.59. The van der Waals surface area contributed by atoms with Gasteiger partial charge in [-0.25, -0.2) is 4.39 Å². The molecule has 0 spiro atoms. The van der Waals surface area contributed by atoms with Crippen molar-refractivity contribution >= 4 is 38.4 Å². The van der Waals surface area contributed by atoms with E-state index in [1.807, 2.05) is 13.8 Å². The minimum absolute atomic E-state index is 0.0131. The molecule has 0 fully saturated rings. The van der Waals surface area contributed by atoms with Crippen LogP contribution in [-0.2, 0) is 0 Å². The van der Waals surface area contributed by atoms with Gasteiger partial charge in [0.1, 0.15) is 22.8 Å². The molecule has 5 N–H and O–H groups in total. The van der Waals surface area contributed by atoms with Crippen molar-refractivity contribution in [3.05, 3.63) is 63.1 Å². The van der Waals surface area contributed by atoms with E-state index in [0.29, 0.717) is 44.1 Å². The SMILES string of the molecule is CC(C)Oc1cc2c(-c3ccc(F)c4[nH]ncc34)c(N)c(=O)[nH]c2c2ccc(=O)[nH]c12. The summed E-state index contributed by atoms with van der Waals surface area (Å²) in [5, 5.41) is 8.26. The van der Waals surface area contributed by atoms with Crippen molar-refractivity contribution in [3.8, 4) is 16.9 Å². The van der Waals surface area contributed by atoms with Crippen LogP contribution in [0.1, 0.15) is 13.8 Å². The average molecular weight is 419 g/mol. The molecule has 8 nitrogen and oxygen atoms in total. The Labute approximate surface area is 173 Å². The fraction of sp³-hybridized carbons (Fsp3) is 0.136. The van der Waals surface area contributed by atoms with Crippen LogP contribution >= 0.6 is 0 Å². The van der Waals surface area contributed by atoms with Crippen molar-refractivity contribution in [2.24, 2.45) is 0 Å². The Hall–Kier alpha value is -4.14. The molecule has 2 aromatic carbocycles. The summed E-state index contributed by atoms with van der Waals surface area (Å²) in [5.74, 6) is -0.0238. The Bertz CT molecular complexity index is 1610. The van der Waals surface area contributed by atoms with Gasteiger partial charge in [-0.05, 0) is 37.6 Å². The number of nitrogens with zero attached hydrogens (tertiary/aromatic N) is 1. The summed E-state index contributed by atoms with van der Waals surface area (Å²) in [7, 11) is 0. The molecule has 0 bridgehead atoms. The lowest BCUT2D eigenvalue weighted by atomic mass is 9.95. The van der Waals surface area contributed by atoms with E-state index < -0.39 is 11.4 Å². The van der Waals surface area contributed by atoms with Gasteiger partial charge in [-0.2, -0.15) is 5.10 Å². The lowest BCUT2D eigenvalue weighted by Gasteiger charge is -2.17. The van der Waals surface area contributed by atoms with Crippen molar-refractivity contribution in [1.82, 2.24) is 20.2 Å². The second-order valence-electron chi connectivity index (χ2n) is 7.57. The maximum Gasteiger partial charge on any atom is 0.272 e. The molecular weight excluding hydrogens is 401 g/mol. The van der Waals surface area contributed by atoms with Crippen LogP contribution in [0.15, 0.2) is 46.1 Å². The molecule has 5 aromatic rings. The number of halogens is 1. The minimum Gasteiger partial charge on any atom is -0.489 e. The molecule has 3 aromatic heterocycles. The number of ether oxygens (including phenoxy) is 1. The van der Waals surface area contributed by atoms with Crippen LogP contribution in [0.3, 0.4) is 0 Å². The monoisotopic (exact) mass is 419 g/mol. The number of benzene rings is 2. The van der Waals surface area contributed by atoms with Crippen LogP contribution in [0.4, 0.5) is 10.1 Å². The number of rotatable bonds is 3. The fourth-order valence-corrected chi connectivity index (χ4v) is 3.93. The Morgan fingerprint density at radius 1 is 1.00 bits per heavy atom. The third-order valence-electron chi connectivity index (χ3n) is 5.20. The number of fused-ring (bicyclic) bond motifs is 4. The van der Waals surface area contributed by atoms with Crippen molar-refractivity contribution in [1.29, 1.82) is 0 Å². The standard InChI is InChI=1S/C22H18FN5O3/c1-9(2)31-15-7-12-17(10-3-5-14(23)20-13(10)8-25-28-20)18(24)22(30)27-19(12)11-4-6-16(29)26-21(11)15/h3-9H,24H2,1-2H3,(H,25,28)(H,26,29)(H,27,30). The highest BCUT2D eigenvalue weighted by Gasteiger charge is 2.20. The molecule has 0 aliphatic rings. The van der Waals surface area contributed by atoms with Crippen LogP contribution in [0.25, 0.3) is 43.8 Å². The molecule has 5 rings (SSSR count). The van der Waals surface area contributed by atoms with E-state index in [2.05, 4.69) is 20.2 Å². The molecule has 31 heavy (non-hydrogen) atoms. The highest BCUT2D eigenvalue weighted by Crippen LogP contribution is 2.40. The van der Waals surface area contributed by atoms with Crippen LogP contribution < -0.4 is 21.6 Å². The maximum absolute atomic E-state index is 14.2. The number of hydrogen-bond acceptors (Lipinski definition) is 5. The molecular formula is C22H18FN5O3. The molecule has 0 aliphatic heterocycles. The highest BCUT2D eigenvalue weighted by molar-refractivity contribution is 6.15. The second kappa shape index (κ2) is 6.69. The Kier molecular flexibility index (Phi) is 4.07. The van der Waals surface area contributed by atoms with Crippen molar-refractivity contribution < 1.29 is 9.13 Å². The summed E-state index contributed by atoms with van der Waals surface area (Å²) in [4.78, 5) is 30.3. The van der Waals surface area contributed by atoms with Gasteiger partial charge in [0.05, 0.1) is 23.3 Å². The third-order valence-corrected chi connectivity index (χ3v) is 5.20. The molecule has 0 radical (unpaired) electrons. The average Bonchev–Trinajstić information content (AvgIpc) is 3.21. The molecule has 0 amide bonds. The first kappa shape index (κ1) is 18.9. The number of nitrogens with one attached hydrogen (secondary N) is 3. The van der Waals surface area contributed by atoms with Crippen LogP contribution in [0.5, 0.6) is 5.75 Å². The number of pyridine rings is 2. The van der Waals surface area contributed by atoms with Gasteiger partial charge in [0, 0.05) is 27.8 Å². The molecule has 0 aliphatic carbocycles. The minimum atomic E-state index is -0.492. The zero-order valence-electron chi connectivity index (χ0n) is 16.7. The van der Waals surface area contributed by atoms with Gasteiger partial charge in [0.25, 0.3) is 5.56 Å². The highest BCUT2D eigenvalue weighted by atomic mass is 19.1. The van der Waals surface area contributed by atoms with Gasteiger partial charge in [-0.3, -0.25) is 14.7 Å². The Morgan fingerprint density at radius 2 is 1.81 bits per heavy atom. The van der Waals surface area contributed by atoms with Crippen LogP contribution in [0, 0.1) is 5.82 Å². The third kappa shape index (κ3) is 2.85. The molecule has 3 heterocycles. The van der Waals surface area contributed by atoms with E-state index >= 15 is 0 Å². The molecule has 156 valence electrons. The largest absolute Gasteiger partial charge is 0.489 e. The van der Waals surface area contributed by atoms with Gasteiger partial charge in [-0.15, -0.1) is 0 Å². The predicted molar refractivity (Wildman–Crippen MR) is 118 cm³/mol. The number of aromatic nitrogens is 4. The fourth-order valence-electron chi connectivity index (χ4n) is 3.93. The first-order valence-corrected chi connectivity index (χ1v) is 9.65. The van der Waals surface area contributed by atoms with E-state index in [9.17, 15) is 14.0 Å². The van der Waals surface area contributed by atoms with Crippen LogP contribution in [-0.4, -0.2) is 26.3 Å². The summed E-state index contributed by atoms with van der Waals surface area (Å²) in [5.41, 5.74) is 7.59. The Balaban J connectivity index is 2.00. The number of nitrogens with two attached hydrogens (primary N) is 1. The van der Waals surface area contributed by atoms with Crippen molar-refractivity contribution in [3.63, 3.8) is 0 Å². The van der Waals surface area contributed by atoms with Gasteiger partial charge < -0.3 is 20.4 Å². The van der Waals surface area contributed by atoms with Crippen molar-refractivity contribution in [2.75, 3.05) is 5.73 Å². The summed E-state index contributed by atoms with van der Waals surface area (Å²) >= 11 is 0. The zero-order chi connectivity index (χ0) is 21.9. The normalized spacial score (nSPS) is 11.7. The lowest BCUT2D eigenvalue weighted by Crippen LogP contribution is -2.15. The topological polar surface area (TPSA) is 130 Å². The molecule has 9 heteroatoms. The Morgan fingerprint density at radius 3 is 2.58 bits per heavy atom. The number of hydrogen-bond donors (Lipinski definition) is 4. The predicted octanol–water partition coefficient (Wildman–Crippen LogP) is 3.42. The maximum atomic E-state index is 14.2. The smallest absolute Gasteiger partial charge is 0.272 e. The van der Waals surface area contributed by atoms with Crippen molar-refractivity contribution in [2.45, 2.75) is 20.0 Å². The van der Waals surface area contributed by atoms with Gasteiger partial charge in [-0.1, -0.05) is 6.07 Å². The molecule has 0 saturated carbocycles. The van der Waals surface area contributed by atoms with E-state index in [1.54, 1.807) is 18.2 Å². The first-order chi connectivity index (χ1) is 14.8.